The monoisotopic (exact) mass is 1030 g/mol. The molecule has 0 bridgehead atoms. The zero-order valence-electron chi connectivity index (χ0n) is 50.3. The van der Waals surface area contributed by atoms with E-state index in [0.717, 1.165) is 78.1 Å². The van der Waals surface area contributed by atoms with Crippen LogP contribution < -0.4 is 9.47 Å². The molecule has 6 heteroatoms. The van der Waals surface area contributed by atoms with Gasteiger partial charge in [-0.3, -0.25) is 0 Å². The number of epoxide rings is 1. The Morgan fingerprint density at radius 1 is 0.693 bits per heavy atom. The van der Waals surface area contributed by atoms with Gasteiger partial charge in [-0.1, -0.05) is 166 Å². The smallest absolute Gasteiger partial charge is 0.127 e. The summed E-state index contributed by atoms with van der Waals surface area (Å²) in [4.78, 5) is 0. The molecule has 1 aromatic carbocycles. The molecule has 0 radical (unpaired) electrons. The third-order valence-electron chi connectivity index (χ3n) is 18.4. The topological polar surface area (TPSA) is 91.7 Å². The van der Waals surface area contributed by atoms with Crippen molar-refractivity contribution in [3.8, 4) is 11.5 Å². The minimum atomic E-state index is -1.08. The number of hydrogen-bond acceptors (Lipinski definition) is 6. The van der Waals surface area contributed by atoms with Gasteiger partial charge in [-0.05, 0) is 165 Å². The number of aliphatic hydroxyl groups excluding tert-OH is 2. The van der Waals surface area contributed by atoms with Crippen molar-refractivity contribution in [1.29, 1.82) is 0 Å². The van der Waals surface area contributed by atoms with Crippen molar-refractivity contribution in [3.05, 3.63) is 123 Å². The lowest BCUT2D eigenvalue weighted by Crippen LogP contribution is -2.46. The van der Waals surface area contributed by atoms with Crippen LogP contribution in [-0.2, 0) is 17.6 Å². The highest BCUT2D eigenvalue weighted by Crippen LogP contribution is 2.66. The van der Waals surface area contributed by atoms with E-state index in [1.807, 2.05) is 13.0 Å². The molecule has 0 unspecified atom stereocenters. The molecule has 2 aliphatic carbocycles. The summed E-state index contributed by atoms with van der Waals surface area (Å²) in [6, 6.07) is 0. The Morgan fingerprint density at radius 3 is 1.96 bits per heavy atom. The summed E-state index contributed by atoms with van der Waals surface area (Å²) in [5.74, 6) is 4.63. The van der Waals surface area contributed by atoms with Crippen molar-refractivity contribution in [2.45, 2.75) is 261 Å². The van der Waals surface area contributed by atoms with Crippen LogP contribution in [0.15, 0.2) is 100 Å². The number of rotatable bonds is 21. The highest BCUT2D eigenvalue weighted by Gasteiger charge is 2.74. The van der Waals surface area contributed by atoms with E-state index in [4.69, 9.17) is 14.2 Å². The molecule has 6 rings (SSSR count). The molecule has 5 aliphatic rings. The van der Waals surface area contributed by atoms with Crippen molar-refractivity contribution < 1.29 is 29.5 Å². The molecule has 1 saturated heterocycles. The van der Waals surface area contributed by atoms with Crippen LogP contribution in [0, 0.1) is 48.3 Å². The van der Waals surface area contributed by atoms with Crippen LogP contribution in [0.25, 0.3) is 0 Å². The van der Waals surface area contributed by atoms with Crippen LogP contribution in [0.4, 0.5) is 0 Å². The SMILES string of the molecule is CC(=C/[C@@H]1Cc2c3c(c(C)c(C)c2O[C@H]1/C(C)=C/C=C/C=C(C)/C=C/C=C(\C)C=C=C1C(C)(C)C[C@H](O)C[C@@]1(C)O)O[C@](C)(CCC[C@H](C)CCC[C@H](C)CCCC(C)C)CC3)/C=C/[C@@]12O[C@]1(C)C[C@@H](O)CC2(C)C. The normalized spacial score (nSPS) is 31.7. The van der Waals surface area contributed by atoms with Gasteiger partial charge in [-0.25, -0.2) is 0 Å². The molecule has 2 saturated carbocycles. The van der Waals surface area contributed by atoms with Crippen LogP contribution in [0.3, 0.4) is 0 Å². The summed E-state index contributed by atoms with van der Waals surface area (Å²) in [5.41, 5.74) is 11.3. The Labute approximate surface area is 457 Å². The first-order chi connectivity index (χ1) is 35.0. The number of fused-ring (bicyclic) bond motifs is 4. The zero-order chi connectivity index (χ0) is 55.3. The first-order valence-corrected chi connectivity index (χ1v) is 29.5. The van der Waals surface area contributed by atoms with Gasteiger partial charge in [0.15, 0.2) is 0 Å². The van der Waals surface area contributed by atoms with Gasteiger partial charge in [0.1, 0.15) is 34.4 Å². The average molecular weight is 1030 g/mol. The molecule has 0 spiro atoms. The summed E-state index contributed by atoms with van der Waals surface area (Å²) < 4.78 is 21.0. The summed E-state index contributed by atoms with van der Waals surface area (Å²) >= 11 is 0. The van der Waals surface area contributed by atoms with E-state index in [2.05, 4.69) is 170 Å². The number of benzene rings is 1. The number of ether oxygens (including phenoxy) is 3. The maximum absolute atomic E-state index is 11.1. The van der Waals surface area contributed by atoms with E-state index in [0.29, 0.717) is 19.3 Å². The summed E-state index contributed by atoms with van der Waals surface area (Å²) in [5, 5.41) is 32.1. The molecule has 1 aromatic rings. The van der Waals surface area contributed by atoms with Gasteiger partial charge in [0.05, 0.1) is 17.8 Å². The maximum atomic E-state index is 11.1. The van der Waals surface area contributed by atoms with Gasteiger partial charge in [-0.2, -0.15) is 0 Å². The van der Waals surface area contributed by atoms with E-state index < -0.39 is 17.3 Å². The molecule has 10 atom stereocenters. The molecule has 416 valence electrons. The molecule has 0 amide bonds. The van der Waals surface area contributed by atoms with Crippen molar-refractivity contribution >= 4 is 0 Å². The molecule has 3 N–H and O–H groups in total. The first kappa shape index (κ1) is 60.6. The van der Waals surface area contributed by atoms with Gasteiger partial charge in [0.2, 0.25) is 0 Å². The molecule has 3 aliphatic heterocycles. The second kappa shape index (κ2) is 24.6. The Hall–Kier alpha value is -3.64. The van der Waals surface area contributed by atoms with Crippen molar-refractivity contribution in [2.24, 2.45) is 34.5 Å². The van der Waals surface area contributed by atoms with E-state index >= 15 is 0 Å². The molecule has 0 aromatic heterocycles. The third kappa shape index (κ3) is 14.9. The van der Waals surface area contributed by atoms with E-state index in [1.54, 1.807) is 6.92 Å². The Morgan fingerprint density at radius 2 is 1.31 bits per heavy atom. The fourth-order valence-electron chi connectivity index (χ4n) is 13.9. The summed E-state index contributed by atoms with van der Waals surface area (Å²) in [7, 11) is 0. The van der Waals surface area contributed by atoms with Crippen molar-refractivity contribution in [2.75, 3.05) is 0 Å². The first-order valence-electron chi connectivity index (χ1n) is 29.5. The van der Waals surface area contributed by atoms with Gasteiger partial charge in [0, 0.05) is 40.9 Å². The largest absolute Gasteiger partial charge is 0.487 e. The predicted octanol–water partition coefficient (Wildman–Crippen LogP) is 16.9. The zero-order valence-corrected chi connectivity index (χ0v) is 50.3. The molecule has 3 fully saturated rings. The van der Waals surface area contributed by atoms with Gasteiger partial charge in [-0.15, -0.1) is 5.73 Å². The minimum Gasteiger partial charge on any atom is -0.487 e. The standard InChI is InChI=1S/C69H104O6/c1-46(2)24-20-26-48(4)28-21-29-49(5)31-23-37-66(15)38-36-58-59-41-55(40-51(7)35-39-69-65(13,14)43-57(71)45-68(69,17)75-69)61(73-62(59)53(9)54(10)63(58)74-66)52(8)32-19-18-25-47(3)27-22-30-50(6)33-34-60-64(11,12)42-56(70)44-67(60,16)72/h18-19,22,25,27,30,32-33,35,39-40,46,48-49,55-57,61,70-72H,20-21,23-24,26,28-29,31,36-38,41-45H2,1-17H3/b19-18+,27-22+,39-35+,47-25+,50-30+,51-40-,52-32+/t34?,48-,49-,55-,56+,57+,61+,66-,67-,68-,69+/m1/s1. The lowest BCUT2D eigenvalue weighted by Gasteiger charge is -2.43. The van der Waals surface area contributed by atoms with Crippen LogP contribution in [0.5, 0.6) is 11.5 Å². The Bertz CT molecular complexity index is 2440. The fourth-order valence-corrected chi connectivity index (χ4v) is 13.9. The van der Waals surface area contributed by atoms with Crippen molar-refractivity contribution in [1.82, 2.24) is 0 Å². The minimum absolute atomic E-state index is 0.0999. The molecular weight excluding hydrogens is 925 g/mol. The lowest BCUT2D eigenvalue weighted by molar-refractivity contribution is -0.0268. The summed E-state index contributed by atoms with van der Waals surface area (Å²) in [6.45, 7) is 37.5. The summed E-state index contributed by atoms with van der Waals surface area (Å²) in [6.07, 6.45) is 39.6. The second-order valence-corrected chi connectivity index (χ2v) is 27.3. The van der Waals surface area contributed by atoms with E-state index in [1.165, 1.54) is 84.8 Å². The van der Waals surface area contributed by atoms with Gasteiger partial charge >= 0.3 is 0 Å². The fraction of sp³-hybridized carbons (Fsp3) is 0.667. The van der Waals surface area contributed by atoms with E-state index in [-0.39, 0.29) is 40.2 Å². The highest BCUT2D eigenvalue weighted by molar-refractivity contribution is 5.61. The van der Waals surface area contributed by atoms with E-state index in [9.17, 15) is 15.3 Å². The second-order valence-electron chi connectivity index (χ2n) is 27.3. The van der Waals surface area contributed by atoms with Crippen LogP contribution >= 0.6 is 0 Å². The van der Waals surface area contributed by atoms with Gasteiger partial charge < -0.3 is 29.5 Å². The lowest BCUT2D eigenvalue weighted by atomic mass is 9.63. The average Bonchev–Trinajstić information content (AvgIpc) is 3.92. The quantitative estimate of drug-likeness (QED) is 0.0646. The van der Waals surface area contributed by atoms with Crippen LogP contribution in [-0.4, -0.2) is 56.0 Å². The number of allylic oxidation sites excluding steroid dienone is 11. The number of hydrogen-bond donors (Lipinski definition) is 3. The third-order valence-corrected chi connectivity index (χ3v) is 18.4. The Kier molecular flexibility index (Phi) is 19.9. The van der Waals surface area contributed by atoms with Crippen LogP contribution in [0.2, 0.25) is 0 Å². The predicted molar refractivity (Wildman–Crippen MR) is 315 cm³/mol. The highest BCUT2D eigenvalue weighted by atomic mass is 16.6. The molecule has 3 heterocycles. The molecule has 6 nitrogen and oxygen atoms in total. The maximum Gasteiger partial charge on any atom is 0.127 e. The Balaban J connectivity index is 1.18. The molecule has 75 heavy (non-hydrogen) atoms. The van der Waals surface area contributed by atoms with Gasteiger partial charge in [0.25, 0.3) is 0 Å². The number of aliphatic hydroxyl groups is 3. The molecular formula is C69H104O6. The van der Waals surface area contributed by atoms with Crippen molar-refractivity contribution in [3.63, 3.8) is 0 Å². The van der Waals surface area contributed by atoms with Crippen LogP contribution in [0.1, 0.15) is 216 Å².